The summed E-state index contributed by atoms with van der Waals surface area (Å²) in [6, 6.07) is 6.18. The van der Waals surface area contributed by atoms with Gasteiger partial charge in [-0.25, -0.2) is 9.97 Å². The van der Waals surface area contributed by atoms with Crippen LogP contribution < -0.4 is 5.32 Å². The zero-order valence-electron chi connectivity index (χ0n) is 14.1. The molecular formula is C19H21ClN4O. The molecule has 25 heavy (non-hydrogen) atoms. The number of anilines is 1. The van der Waals surface area contributed by atoms with Crippen LogP contribution in [0.5, 0.6) is 0 Å². The smallest absolute Gasteiger partial charge is 0.223 e. The maximum atomic E-state index is 12.6. The third kappa shape index (κ3) is 3.47. The van der Waals surface area contributed by atoms with Crippen molar-refractivity contribution in [1.82, 2.24) is 14.9 Å². The van der Waals surface area contributed by atoms with Gasteiger partial charge in [-0.1, -0.05) is 17.7 Å². The molecule has 2 aliphatic rings. The van der Waals surface area contributed by atoms with E-state index < -0.39 is 0 Å². The third-order valence-corrected chi connectivity index (χ3v) is 5.33. The highest BCUT2D eigenvalue weighted by molar-refractivity contribution is 6.30. The van der Waals surface area contributed by atoms with Crippen LogP contribution in [0, 0.1) is 0 Å². The standard InChI is InChI=1S/C19H21ClN4O/c20-18-16-12-24(11-8-13(16)7-10-21-18)17(25)6-5-15-4-3-14-2-1-9-22-19(14)23-15/h3-4,7,10H,1-2,5-6,8-9,11-12H2,(H,22,23). The molecule has 0 spiro atoms. The molecule has 130 valence electrons. The summed E-state index contributed by atoms with van der Waals surface area (Å²) in [5, 5.41) is 3.85. The summed E-state index contributed by atoms with van der Waals surface area (Å²) >= 11 is 6.19. The van der Waals surface area contributed by atoms with Gasteiger partial charge in [0.1, 0.15) is 11.0 Å². The Kier molecular flexibility index (Phi) is 4.57. The molecule has 0 aliphatic carbocycles. The highest BCUT2D eigenvalue weighted by atomic mass is 35.5. The molecule has 1 amide bonds. The number of halogens is 1. The van der Waals surface area contributed by atoms with E-state index in [0.717, 1.165) is 49.4 Å². The molecule has 4 heterocycles. The normalized spacial score (nSPS) is 16.0. The summed E-state index contributed by atoms with van der Waals surface area (Å²) < 4.78 is 0. The molecular weight excluding hydrogens is 336 g/mol. The summed E-state index contributed by atoms with van der Waals surface area (Å²) in [5.41, 5.74) is 4.43. The Morgan fingerprint density at radius 2 is 2.16 bits per heavy atom. The Morgan fingerprint density at radius 3 is 3.08 bits per heavy atom. The van der Waals surface area contributed by atoms with E-state index in [1.807, 2.05) is 17.0 Å². The van der Waals surface area contributed by atoms with Crippen LogP contribution in [-0.2, 0) is 30.6 Å². The van der Waals surface area contributed by atoms with E-state index in [0.29, 0.717) is 24.5 Å². The van der Waals surface area contributed by atoms with Crippen molar-refractivity contribution >= 4 is 23.3 Å². The van der Waals surface area contributed by atoms with E-state index in [1.54, 1.807) is 6.20 Å². The number of hydrogen-bond donors (Lipinski definition) is 1. The molecule has 2 aliphatic heterocycles. The topological polar surface area (TPSA) is 58.1 Å². The van der Waals surface area contributed by atoms with Crippen molar-refractivity contribution in [3.05, 3.63) is 51.9 Å². The predicted molar refractivity (Wildman–Crippen MR) is 97.7 cm³/mol. The fourth-order valence-corrected chi connectivity index (χ4v) is 3.78. The molecule has 0 unspecified atom stereocenters. The van der Waals surface area contributed by atoms with Crippen molar-refractivity contribution in [3.63, 3.8) is 0 Å². The fraction of sp³-hybridized carbons (Fsp3) is 0.421. The second kappa shape index (κ2) is 7.00. The third-order valence-electron chi connectivity index (χ3n) is 5.00. The van der Waals surface area contributed by atoms with Crippen LogP contribution in [0.15, 0.2) is 24.4 Å². The number of fused-ring (bicyclic) bond motifs is 2. The first-order valence-electron chi connectivity index (χ1n) is 8.83. The number of hydrogen-bond acceptors (Lipinski definition) is 4. The number of nitrogens with zero attached hydrogens (tertiary/aromatic N) is 3. The van der Waals surface area contributed by atoms with E-state index >= 15 is 0 Å². The number of carbonyl (C=O) groups excluding carboxylic acids is 1. The summed E-state index contributed by atoms with van der Waals surface area (Å²) in [6.07, 6.45) is 5.94. The van der Waals surface area contributed by atoms with E-state index in [-0.39, 0.29) is 5.91 Å². The maximum absolute atomic E-state index is 12.6. The van der Waals surface area contributed by atoms with E-state index in [9.17, 15) is 4.79 Å². The SMILES string of the molecule is O=C(CCc1ccc2c(n1)NCCC2)N1CCc2ccnc(Cl)c2C1. The second-order valence-corrected chi connectivity index (χ2v) is 7.00. The van der Waals surface area contributed by atoms with Gasteiger partial charge >= 0.3 is 0 Å². The van der Waals surface area contributed by atoms with Crippen molar-refractivity contribution in [2.75, 3.05) is 18.4 Å². The Bertz CT molecular complexity index is 808. The minimum Gasteiger partial charge on any atom is -0.370 e. The lowest BCUT2D eigenvalue weighted by Gasteiger charge is -2.29. The van der Waals surface area contributed by atoms with Crippen molar-refractivity contribution in [3.8, 4) is 0 Å². The first-order valence-corrected chi connectivity index (χ1v) is 9.21. The van der Waals surface area contributed by atoms with Crippen molar-refractivity contribution in [1.29, 1.82) is 0 Å². The van der Waals surface area contributed by atoms with Crippen LogP contribution in [-0.4, -0.2) is 33.9 Å². The average molecular weight is 357 g/mol. The molecule has 0 atom stereocenters. The molecule has 1 N–H and O–H groups in total. The number of rotatable bonds is 3. The molecule has 0 bridgehead atoms. The van der Waals surface area contributed by atoms with Crippen LogP contribution in [0.1, 0.15) is 35.2 Å². The van der Waals surface area contributed by atoms with Gasteiger partial charge in [-0.2, -0.15) is 0 Å². The predicted octanol–water partition coefficient (Wildman–Crippen LogP) is 3.01. The van der Waals surface area contributed by atoms with E-state index in [2.05, 4.69) is 21.4 Å². The summed E-state index contributed by atoms with van der Waals surface area (Å²) in [7, 11) is 0. The lowest BCUT2D eigenvalue weighted by atomic mass is 10.0. The quantitative estimate of drug-likeness (QED) is 0.859. The molecule has 0 saturated heterocycles. The molecule has 0 fully saturated rings. The lowest BCUT2D eigenvalue weighted by molar-refractivity contribution is -0.132. The fourth-order valence-electron chi connectivity index (χ4n) is 3.54. The van der Waals surface area contributed by atoms with E-state index in [1.165, 1.54) is 11.1 Å². The first-order chi connectivity index (χ1) is 12.2. The van der Waals surface area contributed by atoms with Gasteiger partial charge in [0.2, 0.25) is 5.91 Å². The molecule has 0 saturated carbocycles. The minimum absolute atomic E-state index is 0.151. The zero-order valence-corrected chi connectivity index (χ0v) is 14.9. The molecule has 4 rings (SSSR count). The van der Waals surface area contributed by atoms with Gasteiger partial charge < -0.3 is 10.2 Å². The van der Waals surface area contributed by atoms with Crippen molar-refractivity contribution in [2.45, 2.75) is 38.6 Å². The summed E-state index contributed by atoms with van der Waals surface area (Å²) in [4.78, 5) is 23.3. The Balaban J connectivity index is 1.39. The van der Waals surface area contributed by atoms with Gasteiger partial charge in [0, 0.05) is 43.5 Å². The van der Waals surface area contributed by atoms with Gasteiger partial charge in [0.25, 0.3) is 0 Å². The Morgan fingerprint density at radius 1 is 1.24 bits per heavy atom. The summed E-state index contributed by atoms with van der Waals surface area (Å²) in [5.74, 6) is 1.14. The second-order valence-electron chi connectivity index (χ2n) is 6.65. The highest BCUT2D eigenvalue weighted by Crippen LogP contribution is 2.25. The molecule has 0 aromatic carbocycles. The number of amides is 1. The molecule has 0 radical (unpaired) electrons. The molecule has 2 aromatic rings. The lowest BCUT2D eigenvalue weighted by Crippen LogP contribution is -2.36. The van der Waals surface area contributed by atoms with E-state index in [4.69, 9.17) is 11.6 Å². The number of pyridine rings is 2. The van der Waals surface area contributed by atoms with Crippen LogP contribution in [0.2, 0.25) is 5.15 Å². The average Bonchev–Trinajstić information content (AvgIpc) is 2.66. The number of aryl methyl sites for hydroxylation is 2. The molecule has 2 aromatic heterocycles. The van der Waals surface area contributed by atoms with Crippen LogP contribution in [0.4, 0.5) is 5.82 Å². The maximum Gasteiger partial charge on any atom is 0.223 e. The van der Waals surface area contributed by atoms with Crippen molar-refractivity contribution < 1.29 is 4.79 Å². The monoisotopic (exact) mass is 356 g/mol. The largest absolute Gasteiger partial charge is 0.370 e. The van der Waals surface area contributed by atoms with Crippen molar-refractivity contribution in [2.24, 2.45) is 0 Å². The number of aromatic nitrogens is 2. The van der Waals surface area contributed by atoms with Crippen LogP contribution >= 0.6 is 11.6 Å². The van der Waals surface area contributed by atoms with Crippen LogP contribution in [0.25, 0.3) is 0 Å². The molecule has 6 heteroatoms. The van der Waals surface area contributed by atoms with Crippen LogP contribution in [0.3, 0.4) is 0 Å². The number of carbonyl (C=O) groups is 1. The van der Waals surface area contributed by atoms with Gasteiger partial charge in [-0.15, -0.1) is 0 Å². The molecule has 5 nitrogen and oxygen atoms in total. The Hall–Kier alpha value is -2.14. The van der Waals surface area contributed by atoms with Gasteiger partial charge in [0.05, 0.1) is 0 Å². The minimum atomic E-state index is 0.151. The number of nitrogens with one attached hydrogen (secondary N) is 1. The zero-order chi connectivity index (χ0) is 17.2. The Labute approximate surface area is 152 Å². The summed E-state index contributed by atoms with van der Waals surface area (Å²) in [6.45, 7) is 2.27. The van der Waals surface area contributed by atoms with Gasteiger partial charge in [-0.3, -0.25) is 4.79 Å². The van der Waals surface area contributed by atoms with Gasteiger partial charge in [-0.05, 0) is 48.9 Å². The first kappa shape index (κ1) is 16.3. The van der Waals surface area contributed by atoms with Gasteiger partial charge in [0.15, 0.2) is 0 Å². The highest BCUT2D eigenvalue weighted by Gasteiger charge is 2.22.